The normalized spacial score (nSPS) is 20.3. The Labute approximate surface area is 140 Å². The van der Waals surface area contributed by atoms with Crippen molar-refractivity contribution in [3.63, 3.8) is 0 Å². The maximum atomic E-state index is 9.09. The third kappa shape index (κ3) is 2.57. The van der Waals surface area contributed by atoms with Gasteiger partial charge in [-0.1, -0.05) is 11.6 Å². The van der Waals surface area contributed by atoms with Gasteiger partial charge >= 0.3 is 0 Å². The van der Waals surface area contributed by atoms with Crippen LogP contribution in [0.1, 0.15) is 42.4 Å². The summed E-state index contributed by atoms with van der Waals surface area (Å²) in [5.74, 6) is 0.836. The molecule has 118 valence electrons. The monoisotopic (exact) mass is 327 g/mol. The molecule has 23 heavy (non-hydrogen) atoms. The summed E-state index contributed by atoms with van der Waals surface area (Å²) in [7, 11) is 0. The molecule has 2 aromatic heterocycles. The molecular weight excluding hydrogens is 310 g/mol. The van der Waals surface area contributed by atoms with Crippen LogP contribution < -0.4 is 4.90 Å². The molecular formula is C17H18ClN5. The third-order valence-corrected chi connectivity index (χ3v) is 5.18. The van der Waals surface area contributed by atoms with E-state index in [1.165, 1.54) is 24.2 Å². The summed E-state index contributed by atoms with van der Waals surface area (Å²) >= 11 is 5.98. The molecule has 1 aliphatic carbocycles. The van der Waals surface area contributed by atoms with E-state index in [4.69, 9.17) is 16.9 Å². The van der Waals surface area contributed by atoms with Gasteiger partial charge in [0.25, 0.3) is 0 Å². The van der Waals surface area contributed by atoms with E-state index in [1.807, 2.05) is 12.4 Å². The number of nitrogens with zero attached hydrogens (tertiary/aromatic N) is 5. The second-order valence-electron chi connectivity index (χ2n) is 6.25. The zero-order chi connectivity index (χ0) is 15.8. The van der Waals surface area contributed by atoms with Crippen molar-refractivity contribution in [1.82, 2.24) is 14.5 Å². The Hall–Kier alpha value is -2.06. The number of hydrogen-bond acceptors (Lipinski definition) is 4. The Morgan fingerprint density at radius 3 is 3.00 bits per heavy atom. The topological polar surface area (TPSA) is 57.7 Å². The van der Waals surface area contributed by atoms with Gasteiger partial charge < -0.3 is 9.47 Å². The van der Waals surface area contributed by atoms with Crippen LogP contribution in [0.4, 0.5) is 5.82 Å². The lowest BCUT2D eigenvalue weighted by atomic mass is 10.0. The van der Waals surface area contributed by atoms with Gasteiger partial charge in [-0.3, -0.25) is 0 Å². The van der Waals surface area contributed by atoms with E-state index < -0.39 is 0 Å². The Bertz CT molecular complexity index is 776. The predicted molar refractivity (Wildman–Crippen MR) is 88.7 cm³/mol. The van der Waals surface area contributed by atoms with Gasteiger partial charge in [0.05, 0.1) is 23.1 Å². The average Bonchev–Trinajstić information content (AvgIpc) is 3.21. The Kier molecular flexibility index (Phi) is 3.70. The molecule has 2 aromatic rings. The molecule has 0 saturated carbocycles. The fraction of sp³-hybridized carbons (Fsp3) is 0.471. The second kappa shape index (κ2) is 5.86. The lowest BCUT2D eigenvalue weighted by Gasteiger charge is -2.21. The molecule has 0 amide bonds. The van der Waals surface area contributed by atoms with Gasteiger partial charge in [-0.05, 0) is 44.2 Å². The highest BCUT2D eigenvalue weighted by Crippen LogP contribution is 2.30. The van der Waals surface area contributed by atoms with Crippen LogP contribution >= 0.6 is 11.6 Å². The number of imidazole rings is 1. The zero-order valence-corrected chi connectivity index (χ0v) is 13.6. The zero-order valence-electron chi connectivity index (χ0n) is 12.9. The molecule has 0 radical (unpaired) electrons. The quantitative estimate of drug-likeness (QED) is 0.850. The highest BCUT2D eigenvalue weighted by Gasteiger charge is 2.28. The number of pyridine rings is 1. The average molecular weight is 328 g/mol. The van der Waals surface area contributed by atoms with Crippen LogP contribution in [-0.2, 0) is 12.8 Å². The summed E-state index contributed by atoms with van der Waals surface area (Å²) in [6.45, 7) is 1.85. The van der Waals surface area contributed by atoms with Gasteiger partial charge in [-0.2, -0.15) is 5.26 Å². The second-order valence-corrected chi connectivity index (χ2v) is 6.66. The summed E-state index contributed by atoms with van der Waals surface area (Å²) in [5.41, 5.74) is 3.00. The van der Waals surface area contributed by atoms with Crippen molar-refractivity contribution in [3.8, 4) is 6.07 Å². The van der Waals surface area contributed by atoms with Gasteiger partial charge in [0.2, 0.25) is 0 Å². The van der Waals surface area contributed by atoms with E-state index in [1.54, 1.807) is 6.07 Å². The minimum absolute atomic E-state index is 0.299. The first kappa shape index (κ1) is 14.5. The lowest BCUT2D eigenvalue weighted by Crippen LogP contribution is -2.23. The molecule has 2 aliphatic rings. The van der Waals surface area contributed by atoms with Crippen LogP contribution in [0.2, 0.25) is 5.02 Å². The van der Waals surface area contributed by atoms with Crippen LogP contribution in [0.3, 0.4) is 0 Å². The number of rotatable bonds is 2. The number of aromatic nitrogens is 3. The summed E-state index contributed by atoms with van der Waals surface area (Å²) in [4.78, 5) is 11.2. The number of aryl methyl sites for hydroxylation is 1. The van der Waals surface area contributed by atoms with Crippen molar-refractivity contribution in [2.75, 3.05) is 18.0 Å². The molecule has 4 rings (SSSR count). The lowest BCUT2D eigenvalue weighted by molar-refractivity contribution is 0.515. The van der Waals surface area contributed by atoms with Crippen molar-refractivity contribution >= 4 is 17.4 Å². The fourth-order valence-corrected chi connectivity index (χ4v) is 3.82. The molecule has 0 bridgehead atoms. The minimum atomic E-state index is 0.299. The van der Waals surface area contributed by atoms with Crippen LogP contribution in [0.5, 0.6) is 0 Å². The third-order valence-electron chi connectivity index (χ3n) is 4.88. The number of fused-ring (bicyclic) bond motifs is 1. The van der Waals surface area contributed by atoms with Crippen LogP contribution in [-0.4, -0.2) is 27.6 Å². The number of anilines is 1. The van der Waals surface area contributed by atoms with E-state index >= 15 is 0 Å². The molecule has 1 fully saturated rings. The molecule has 3 heterocycles. The van der Waals surface area contributed by atoms with Crippen molar-refractivity contribution in [2.24, 2.45) is 0 Å². The fourth-order valence-electron chi connectivity index (χ4n) is 3.67. The molecule has 6 heteroatoms. The van der Waals surface area contributed by atoms with E-state index in [2.05, 4.69) is 25.5 Å². The predicted octanol–water partition coefficient (Wildman–Crippen LogP) is 3.13. The molecule has 1 atom stereocenters. The van der Waals surface area contributed by atoms with E-state index in [0.29, 0.717) is 16.8 Å². The smallest absolute Gasteiger partial charge is 0.161 e. The van der Waals surface area contributed by atoms with Gasteiger partial charge in [0, 0.05) is 18.8 Å². The largest absolute Gasteiger partial charge is 0.354 e. The van der Waals surface area contributed by atoms with Gasteiger partial charge in [0.15, 0.2) is 5.69 Å². The maximum Gasteiger partial charge on any atom is 0.161 e. The molecule has 0 spiro atoms. The first-order valence-electron chi connectivity index (χ1n) is 8.12. The molecule has 1 aliphatic heterocycles. The molecule has 0 N–H and O–H groups in total. The number of halogens is 1. The van der Waals surface area contributed by atoms with E-state index in [-0.39, 0.29) is 0 Å². The van der Waals surface area contributed by atoms with Crippen LogP contribution in [0, 0.1) is 11.3 Å². The van der Waals surface area contributed by atoms with Crippen molar-refractivity contribution in [2.45, 2.75) is 38.1 Å². The van der Waals surface area contributed by atoms with Gasteiger partial charge in [-0.25, -0.2) is 9.97 Å². The minimum Gasteiger partial charge on any atom is -0.354 e. The Balaban J connectivity index is 1.56. The van der Waals surface area contributed by atoms with Gasteiger partial charge in [0.1, 0.15) is 11.9 Å². The summed E-state index contributed by atoms with van der Waals surface area (Å²) in [5, 5.41) is 9.51. The van der Waals surface area contributed by atoms with Crippen molar-refractivity contribution in [1.29, 1.82) is 5.26 Å². The molecule has 0 aromatic carbocycles. The highest BCUT2D eigenvalue weighted by atomic mass is 35.5. The number of hydrogen-bond donors (Lipinski definition) is 0. The number of nitriles is 1. The Morgan fingerprint density at radius 2 is 2.13 bits per heavy atom. The molecule has 1 saturated heterocycles. The maximum absolute atomic E-state index is 9.09. The molecule has 5 nitrogen and oxygen atoms in total. The first-order valence-corrected chi connectivity index (χ1v) is 8.50. The van der Waals surface area contributed by atoms with Gasteiger partial charge in [-0.15, -0.1) is 0 Å². The van der Waals surface area contributed by atoms with E-state index in [9.17, 15) is 0 Å². The first-order chi connectivity index (χ1) is 11.3. The highest BCUT2D eigenvalue weighted by molar-refractivity contribution is 6.31. The van der Waals surface area contributed by atoms with Crippen molar-refractivity contribution in [3.05, 3.63) is 40.6 Å². The standard InChI is InChI=1S/C17H18ClN5/c18-13-5-6-17(21-15(13)9-19)22-8-7-12(10-22)23-11-20-14-3-1-2-4-16(14)23/h5-6,11-12H,1-4,7-8,10H2/t12-/m1/s1. The van der Waals surface area contributed by atoms with Crippen molar-refractivity contribution < 1.29 is 0 Å². The summed E-state index contributed by atoms with van der Waals surface area (Å²) in [6.07, 6.45) is 7.87. The summed E-state index contributed by atoms with van der Waals surface area (Å²) in [6, 6.07) is 6.15. The summed E-state index contributed by atoms with van der Waals surface area (Å²) < 4.78 is 2.37. The molecule has 0 unspecified atom stereocenters. The SMILES string of the molecule is N#Cc1nc(N2CC[C@@H](n3cnc4c3CCCC4)C2)ccc1Cl. The van der Waals surface area contributed by atoms with Crippen LogP contribution in [0.15, 0.2) is 18.5 Å². The van der Waals surface area contributed by atoms with Crippen LogP contribution in [0.25, 0.3) is 0 Å². The Morgan fingerprint density at radius 1 is 1.26 bits per heavy atom. The van der Waals surface area contributed by atoms with E-state index in [0.717, 1.165) is 38.2 Å².